The number of nitrogens with one attached hydrogen (secondary N) is 1. The lowest BCUT2D eigenvalue weighted by Gasteiger charge is -2.32. The molecule has 1 aliphatic heterocycles. The first kappa shape index (κ1) is 22.2. The van der Waals surface area contributed by atoms with Gasteiger partial charge in [0.2, 0.25) is 11.9 Å². The van der Waals surface area contributed by atoms with Crippen LogP contribution in [0.3, 0.4) is 0 Å². The highest BCUT2D eigenvalue weighted by Gasteiger charge is 2.41. The monoisotopic (exact) mass is 438 g/mol. The summed E-state index contributed by atoms with van der Waals surface area (Å²) in [4.78, 5) is 32.9. The van der Waals surface area contributed by atoms with Crippen molar-refractivity contribution in [3.05, 3.63) is 52.9 Å². The first-order valence-corrected chi connectivity index (χ1v) is 9.19. The number of halogens is 4. The molecule has 0 aliphatic carbocycles. The van der Waals surface area contributed by atoms with E-state index in [1.165, 1.54) is 25.3 Å². The lowest BCUT2D eigenvalue weighted by atomic mass is 10.0. The number of aromatic nitrogens is 2. The Morgan fingerprint density at radius 1 is 1.29 bits per heavy atom. The number of nitrogens with zero attached hydrogens (tertiary/aromatic N) is 3. The van der Waals surface area contributed by atoms with E-state index in [-0.39, 0.29) is 34.7 Å². The second-order valence-corrected chi connectivity index (χ2v) is 6.67. The van der Waals surface area contributed by atoms with Crippen molar-refractivity contribution in [1.82, 2.24) is 9.97 Å². The van der Waals surface area contributed by atoms with Gasteiger partial charge >= 0.3 is 6.18 Å². The molecule has 2 aromatic rings. The van der Waals surface area contributed by atoms with Crippen LogP contribution in [-0.2, 0) is 20.5 Å². The molecule has 7 nitrogen and oxygen atoms in total. The van der Waals surface area contributed by atoms with Gasteiger partial charge < -0.3 is 10.1 Å². The maximum atomic E-state index is 14.2. The van der Waals surface area contributed by atoms with Gasteiger partial charge in [-0.2, -0.15) is 17.6 Å². The number of hydrogen-bond donors (Lipinski definition) is 1. The summed E-state index contributed by atoms with van der Waals surface area (Å²) < 4.78 is 61.4. The quantitative estimate of drug-likeness (QED) is 0.575. The van der Waals surface area contributed by atoms with Crippen LogP contribution >= 0.6 is 0 Å². The zero-order chi connectivity index (χ0) is 22.9. The van der Waals surface area contributed by atoms with Gasteiger partial charge in [-0.05, 0) is 26.0 Å². The van der Waals surface area contributed by atoms with E-state index in [1.807, 2.05) is 0 Å². The molecule has 0 saturated heterocycles. The smallest absolute Gasteiger partial charge is 0.418 e. The number of carbonyl (C=O) groups is 2. The minimum Gasteiger partial charge on any atom is -0.476 e. The van der Waals surface area contributed by atoms with Crippen molar-refractivity contribution in [2.75, 3.05) is 16.9 Å². The SMILES string of the molecule is CCC(=O)Nc1ncc(N2COC(C)=C(c3cccnc3F)C2=O)c(C(F)(F)F)c1C. The first-order valence-electron chi connectivity index (χ1n) is 9.19. The Morgan fingerprint density at radius 2 is 2.00 bits per heavy atom. The molecule has 3 heterocycles. The maximum absolute atomic E-state index is 14.2. The van der Waals surface area contributed by atoms with Gasteiger partial charge in [-0.3, -0.25) is 14.5 Å². The topological polar surface area (TPSA) is 84.4 Å². The van der Waals surface area contributed by atoms with Gasteiger partial charge in [0, 0.05) is 23.7 Å². The van der Waals surface area contributed by atoms with Crippen molar-refractivity contribution in [3.8, 4) is 0 Å². The molecule has 2 aromatic heterocycles. The van der Waals surface area contributed by atoms with Gasteiger partial charge in [-0.15, -0.1) is 0 Å². The fourth-order valence-electron chi connectivity index (χ4n) is 3.14. The molecule has 0 radical (unpaired) electrons. The second kappa shape index (κ2) is 8.32. The second-order valence-electron chi connectivity index (χ2n) is 6.67. The van der Waals surface area contributed by atoms with Crippen LogP contribution in [-0.4, -0.2) is 28.5 Å². The molecule has 3 rings (SSSR count). The standard InChI is InChI=1S/C20H18F4N4O3/c1-4-14(29)27-18-10(2)16(20(22,23)24)13(8-26-18)28-9-31-11(3)15(19(28)30)12-6-5-7-25-17(12)21/h5-8H,4,9H2,1-3H3,(H,26,27,29). The summed E-state index contributed by atoms with van der Waals surface area (Å²) in [6.45, 7) is 3.57. The number of hydrogen-bond acceptors (Lipinski definition) is 5. The molecule has 0 atom stereocenters. The highest BCUT2D eigenvalue weighted by molar-refractivity contribution is 6.27. The van der Waals surface area contributed by atoms with Gasteiger partial charge in [0.25, 0.3) is 5.91 Å². The van der Waals surface area contributed by atoms with Crippen LogP contribution < -0.4 is 10.2 Å². The van der Waals surface area contributed by atoms with Crippen molar-refractivity contribution < 1.29 is 31.9 Å². The molecule has 0 aromatic carbocycles. The first-order chi connectivity index (χ1) is 14.6. The molecule has 0 saturated carbocycles. The van der Waals surface area contributed by atoms with Crippen LogP contribution in [0.25, 0.3) is 5.57 Å². The summed E-state index contributed by atoms with van der Waals surface area (Å²) in [5, 5.41) is 2.31. The molecule has 1 N–H and O–H groups in total. The van der Waals surface area contributed by atoms with Crippen molar-refractivity contribution in [1.29, 1.82) is 0 Å². The van der Waals surface area contributed by atoms with E-state index in [9.17, 15) is 27.2 Å². The van der Waals surface area contributed by atoms with E-state index in [2.05, 4.69) is 15.3 Å². The average molecular weight is 438 g/mol. The molecule has 2 amide bonds. The summed E-state index contributed by atoms with van der Waals surface area (Å²) in [6.07, 6.45) is -2.81. The number of amides is 2. The zero-order valence-electron chi connectivity index (χ0n) is 16.8. The summed E-state index contributed by atoms with van der Waals surface area (Å²) in [7, 11) is 0. The summed E-state index contributed by atoms with van der Waals surface area (Å²) in [5.74, 6) is -2.58. The minimum absolute atomic E-state index is 0.0484. The summed E-state index contributed by atoms with van der Waals surface area (Å²) in [5.41, 5.74) is -2.53. The van der Waals surface area contributed by atoms with Crippen LogP contribution in [0.5, 0.6) is 0 Å². The number of alkyl halides is 3. The van der Waals surface area contributed by atoms with E-state index in [0.717, 1.165) is 18.0 Å². The van der Waals surface area contributed by atoms with E-state index < -0.39 is 41.9 Å². The number of anilines is 2. The van der Waals surface area contributed by atoms with Gasteiger partial charge in [0.05, 0.1) is 23.0 Å². The van der Waals surface area contributed by atoms with Gasteiger partial charge in [0.15, 0.2) is 6.73 Å². The Kier molecular flexibility index (Phi) is 5.96. The van der Waals surface area contributed by atoms with Crippen LogP contribution in [0.2, 0.25) is 0 Å². The highest BCUT2D eigenvalue weighted by atomic mass is 19.4. The zero-order valence-corrected chi connectivity index (χ0v) is 16.8. The Hall–Kier alpha value is -3.50. The number of ether oxygens (including phenoxy) is 1. The fraction of sp³-hybridized carbons (Fsp3) is 0.300. The number of pyridine rings is 2. The van der Waals surface area contributed by atoms with E-state index in [1.54, 1.807) is 6.92 Å². The molecular formula is C20H18F4N4O3. The lowest BCUT2D eigenvalue weighted by Crippen LogP contribution is -2.39. The van der Waals surface area contributed by atoms with Crippen molar-refractivity contribution >= 4 is 28.9 Å². The summed E-state index contributed by atoms with van der Waals surface area (Å²) >= 11 is 0. The molecule has 1 aliphatic rings. The Bertz CT molecular complexity index is 1080. The van der Waals surface area contributed by atoms with Crippen molar-refractivity contribution in [2.45, 2.75) is 33.4 Å². The Labute approximate surface area is 174 Å². The van der Waals surface area contributed by atoms with Crippen LogP contribution in [0.15, 0.2) is 30.3 Å². The predicted octanol–water partition coefficient (Wildman–Crippen LogP) is 4.04. The lowest BCUT2D eigenvalue weighted by molar-refractivity contribution is -0.137. The van der Waals surface area contributed by atoms with Gasteiger partial charge in [-0.1, -0.05) is 6.92 Å². The number of allylic oxidation sites excluding steroid dienone is 1. The molecular weight excluding hydrogens is 420 g/mol. The average Bonchev–Trinajstić information content (AvgIpc) is 2.70. The van der Waals surface area contributed by atoms with E-state index >= 15 is 0 Å². The fourth-order valence-corrected chi connectivity index (χ4v) is 3.14. The minimum atomic E-state index is -4.87. The molecule has 0 bridgehead atoms. The third-order valence-electron chi connectivity index (χ3n) is 4.71. The van der Waals surface area contributed by atoms with Crippen LogP contribution in [0.1, 0.15) is 37.0 Å². The maximum Gasteiger partial charge on any atom is 0.418 e. The van der Waals surface area contributed by atoms with Gasteiger partial charge in [0.1, 0.15) is 11.6 Å². The van der Waals surface area contributed by atoms with Crippen molar-refractivity contribution in [2.24, 2.45) is 0 Å². The number of carbonyl (C=O) groups excluding carboxylic acids is 2. The largest absolute Gasteiger partial charge is 0.476 e. The van der Waals surface area contributed by atoms with Crippen LogP contribution in [0, 0.1) is 12.9 Å². The van der Waals surface area contributed by atoms with E-state index in [4.69, 9.17) is 4.74 Å². The highest BCUT2D eigenvalue weighted by Crippen LogP contribution is 2.42. The summed E-state index contributed by atoms with van der Waals surface area (Å²) in [6, 6.07) is 2.67. The molecule has 31 heavy (non-hydrogen) atoms. The van der Waals surface area contributed by atoms with Gasteiger partial charge in [-0.25, -0.2) is 9.97 Å². The number of rotatable bonds is 4. The predicted molar refractivity (Wildman–Crippen MR) is 103 cm³/mol. The molecule has 164 valence electrons. The molecule has 0 unspecified atom stereocenters. The van der Waals surface area contributed by atoms with E-state index in [0.29, 0.717) is 0 Å². The van der Waals surface area contributed by atoms with Crippen LogP contribution in [0.4, 0.5) is 29.1 Å². The Balaban J connectivity index is 2.12. The molecule has 0 spiro atoms. The third-order valence-corrected chi connectivity index (χ3v) is 4.71. The normalized spacial score (nSPS) is 14.5. The van der Waals surface area contributed by atoms with Crippen molar-refractivity contribution in [3.63, 3.8) is 0 Å². The molecule has 11 heteroatoms. The molecule has 0 fully saturated rings. The third kappa shape index (κ3) is 4.21. The Morgan fingerprint density at radius 3 is 2.61 bits per heavy atom.